The highest BCUT2D eigenvalue weighted by Crippen LogP contribution is 2.30. The van der Waals surface area contributed by atoms with E-state index in [1.807, 2.05) is 75.4 Å². The predicted molar refractivity (Wildman–Crippen MR) is 146 cm³/mol. The Morgan fingerprint density at radius 1 is 1.03 bits per heavy atom. The molecule has 0 saturated carbocycles. The highest BCUT2D eigenvalue weighted by atomic mass is 16.6. The number of anilines is 1. The van der Waals surface area contributed by atoms with E-state index in [2.05, 4.69) is 9.97 Å². The minimum Gasteiger partial charge on any atom is -0.457 e. The Kier molecular flexibility index (Phi) is 6.75. The van der Waals surface area contributed by atoms with Crippen molar-refractivity contribution in [3.63, 3.8) is 0 Å². The minimum absolute atomic E-state index is 0.205. The summed E-state index contributed by atoms with van der Waals surface area (Å²) in [5.74, 6) is 1.67. The van der Waals surface area contributed by atoms with Gasteiger partial charge in [-0.3, -0.25) is 9.36 Å². The molecule has 1 saturated heterocycles. The van der Waals surface area contributed by atoms with Crippen LogP contribution < -0.4 is 16.0 Å². The van der Waals surface area contributed by atoms with E-state index in [9.17, 15) is 9.59 Å². The number of hydrogen-bond acceptors (Lipinski definition) is 7. The summed E-state index contributed by atoms with van der Waals surface area (Å²) in [6.45, 7) is 6.41. The number of carbonyl (C=O) groups excluding carboxylic acids is 1. The quantitative estimate of drug-likeness (QED) is 0.388. The van der Waals surface area contributed by atoms with Crippen LogP contribution in [-0.2, 0) is 4.74 Å². The molecule has 38 heavy (non-hydrogen) atoms. The highest BCUT2D eigenvalue weighted by molar-refractivity contribution is 5.89. The fraction of sp³-hybridized carbons (Fsp3) is 0.310. The first kappa shape index (κ1) is 25.3. The Labute approximate surface area is 220 Å². The van der Waals surface area contributed by atoms with Gasteiger partial charge in [0.25, 0.3) is 5.56 Å². The third-order valence-corrected chi connectivity index (χ3v) is 6.42. The molecule has 2 aromatic heterocycles. The Bertz CT molecular complexity index is 1510. The number of hydrogen-bond donors (Lipinski definition) is 1. The molecule has 4 aromatic rings. The number of piperidine rings is 1. The van der Waals surface area contributed by atoms with Crippen molar-refractivity contribution >= 4 is 22.9 Å². The maximum Gasteiger partial charge on any atom is 0.410 e. The number of nitrogens with two attached hydrogens (primary N) is 1. The third kappa shape index (κ3) is 5.32. The zero-order valence-corrected chi connectivity index (χ0v) is 21.8. The number of likely N-dealkylation sites (tertiary alicyclic amines) is 1. The zero-order chi connectivity index (χ0) is 26.9. The van der Waals surface area contributed by atoms with E-state index in [0.717, 1.165) is 12.2 Å². The molecule has 1 atom stereocenters. The van der Waals surface area contributed by atoms with Crippen LogP contribution in [0, 0.1) is 0 Å². The van der Waals surface area contributed by atoms with E-state index in [4.69, 9.17) is 15.2 Å². The molecule has 0 radical (unpaired) electrons. The lowest BCUT2D eigenvalue weighted by atomic mass is 10.0. The number of pyridine rings is 1. The van der Waals surface area contributed by atoms with Crippen LogP contribution in [0.5, 0.6) is 11.5 Å². The van der Waals surface area contributed by atoms with E-state index >= 15 is 0 Å². The molecule has 0 aliphatic carbocycles. The van der Waals surface area contributed by atoms with Crippen molar-refractivity contribution in [3.05, 3.63) is 77.3 Å². The Morgan fingerprint density at radius 2 is 1.74 bits per heavy atom. The van der Waals surface area contributed by atoms with Crippen LogP contribution in [0.15, 0.2) is 71.8 Å². The average molecular weight is 514 g/mol. The van der Waals surface area contributed by atoms with Crippen molar-refractivity contribution in [3.8, 4) is 22.6 Å². The van der Waals surface area contributed by atoms with Crippen LogP contribution in [0.1, 0.15) is 39.7 Å². The van der Waals surface area contributed by atoms with Crippen molar-refractivity contribution in [1.82, 2.24) is 19.4 Å². The first-order chi connectivity index (χ1) is 18.2. The molecule has 3 heterocycles. The summed E-state index contributed by atoms with van der Waals surface area (Å²) in [4.78, 5) is 37.0. The Hall–Kier alpha value is -4.40. The summed E-state index contributed by atoms with van der Waals surface area (Å²) < 4.78 is 13.2. The number of carbonyl (C=O) groups is 1. The molecule has 9 nitrogen and oxygen atoms in total. The molecule has 2 aromatic carbocycles. The van der Waals surface area contributed by atoms with Crippen molar-refractivity contribution in [2.24, 2.45) is 0 Å². The van der Waals surface area contributed by atoms with Gasteiger partial charge in [0.2, 0.25) is 0 Å². The fourth-order valence-corrected chi connectivity index (χ4v) is 4.69. The smallest absolute Gasteiger partial charge is 0.410 e. The Balaban J connectivity index is 1.52. The van der Waals surface area contributed by atoms with E-state index in [1.54, 1.807) is 15.5 Å². The number of rotatable bonds is 4. The molecule has 1 aliphatic heterocycles. The highest BCUT2D eigenvalue weighted by Gasteiger charge is 2.30. The molecular weight excluding hydrogens is 482 g/mol. The number of aromatic nitrogens is 3. The number of nitrogen functional groups attached to an aromatic ring is 1. The number of fused-ring (bicyclic) bond motifs is 1. The van der Waals surface area contributed by atoms with Gasteiger partial charge in [0.15, 0.2) is 0 Å². The van der Waals surface area contributed by atoms with Crippen LogP contribution in [0.3, 0.4) is 0 Å². The van der Waals surface area contributed by atoms with Gasteiger partial charge in [-0.2, -0.15) is 0 Å². The van der Waals surface area contributed by atoms with Crippen molar-refractivity contribution in [2.75, 3.05) is 18.8 Å². The first-order valence-electron chi connectivity index (χ1n) is 12.7. The summed E-state index contributed by atoms with van der Waals surface area (Å²) in [5.41, 5.74) is 7.06. The molecular formula is C29H31N5O4. The van der Waals surface area contributed by atoms with E-state index in [1.165, 1.54) is 6.33 Å². The first-order valence-corrected chi connectivity index (χ1v) is 12.7. The van der Waals surface area contributed by atoms with E-state index in [-0.39, 0.29) is 23.5 Å². The van der Waals surface area contributed by atoms with Gasteiger partial charge >= 0.3 is 6.09 Å². The number of ether oxygens (including phenoxy) is 2. The van der Waals surface area contributed by atoms with Gasteiger partial charge in [0.1, 0.15) is 34.9 Å². The third-order valence-electron chi connectivity index (χ3n) is 6.42. The molecule has 0 spiro atoms. The van der Waals surface area contributed by atoms with Crippen LogP contribution in [0.25, 0.3) is 22.2 Å². The van der Waals surface area contributed by atoms with Gasteiger partial charge in [0, 0.05) is 18.7 Å². The minimum atomic E-state index is -0.606. The topological polar surface area (TPSA) is 113 Å². The van der Waals surface area contributed by atoms with Crippen molar-refractivity contribution in [1.29, 1.82) is 0 Å². The average Bonchev–Trinajstić information content (AvgIpc) is 2.89. The van der Waals surface area contributed by atoms with Crippen molar-refractivity contribution in [2.45, 2.75) is 45.3 Å². The number of para-hydroxylation sites is 1. The van der Waals surface area contributed by atoms with Crippen LogP contribution in [0.2, 0.25) is 0 Å². The number of amides is 1. The zero-order valence-electron chi connectivity index (χ0n) is 21.8. The molecule has 5 rings (SSSR count). The fourth-order valence-electron chi connectivity index (χ4n) is 4.69. The van der Waals surface area contributed by atoms with E-state index in [0.29, 0.717) is 47.4 Å². The lowest BCUT2D eigenvalue weighted by Gasteiger charge is -2.35. The summed E-state index contributed by atoms with van der Waals surface area (Å²) in [6, 6.07) is 18.3. The van der Waals surface area contributed by atoms with Gasteiger partial charge in [-0.1, -0.05) is 30.3 Å². The molecule has 2 N–H and O–H groups in total. The molecule has 0 bridgehead atoms. The van der Waals surface area contributed by atoms with Gasteiger partial charge in [0.05, 0.1) is 11.4 Å². The maximum absolute atomic E-state index is 14.0. The number of nitrogens with zero attached hydrogens (tertiary/aromatic N) is 4. The predicted octanol–water partition coefficient (Wildman–Crippen LogP) is 5.41. The summed E-state index contributed by atoms with van der Waals surface area (Å²) in [6.07, 6.45) is 2.41. The van der Waals surface area contributed by atoms with Gasteiger partial charge < -0.3 is 20.1 Å². The van der Waals surface area contributed by atoms with E-state index < -0.39 is 5.60 Å². The standard InChI is InChI=1S/C29H31N5O4/c1-29(2,3)38-28(36)33-15-7-8-20(17-33)34-26-24(25(30)31-18-32-26)16-23(27(34)35)19-11-13-22(14-12-19)37-21-9-5-4-6-10-21/h4-6,9-14,16,18,20H,7-8,15,17H2,1-3H3,(H2,30,31,32)/t20-/m1/s1. The lowest BCUT2D eigenvalue weighted by Crippen LogP contribution is -2.45. The molecule has 1 fully saturated rings. The second kappa shape index (κ2) is 10.2. The summed E-state index contributed by atoms with van der Waals surface area (Å²) in [5, 5.41) is 0.584. The molecule has 9 heteroatoms. The molecule has 196 valence electrons. The second-order valence-electron chi connectivity index (χ2n) is 10.4. The summed E-state index contributed by atoms with van der Waals surface area (Å²) >= 11 is 0. The molecule has 1 aliphatic rings. The Morgan fingerprint density at radius 3 is 2.45 bits per heavy atom. The van der Waals surface area contributed by atoms with Gasteiger partial charge in [-0.25, -0.2) is 14.8 Å². The largest absolute Gasteiger partial charge is 0.457 e. The maximum atomic E-state index is 14.0. The van der Waals surface area contributed by atoms with Crippen LogP contribution in [0.4, 0.5) is 10.6 Å². The van der Waals surface area contributed by atoms with Gasteiger partial charge in [-0.15, -0.1) is 0 Å². The van der Waals surface area contributed by atoms with Crippen LogP contribution >= 0.6 is 0 Å². The number of benzene rings is 2. The SMILES string of the molecule is CC(C)(C)OC(=O)N1CCC[C@@H](n2c(=O)c(-c3ccc(Oc4ccccc4)cc3)cc3c(N)ncnc32)C1. The molecule has 0 unspecified atom stereocenters. The molecule has 1 amide bonds. The van der Waals surface area contributed by atoms with Gasteiger partial charge in [-0.05, 0) is 69.5 Å². The normalized spacial score (nSPS) is 15.9. The van der Waals surface area contributed by atoms with Crippen LogP contribution in [-0.4, -0.2) is 44.2 Å². The van der Waals surface area contributed by atoms with Crippen molar-refractivity contribution < 1.29 is 14.3 Å². The monoisotopic (exact) mass is 513 g/mol. The second-order valence-corrected chi connectivity index (χ2v) is 10.4. The lowest BCUT2D eigenvalue weighted by molar-refractivity contribution is 0.0173. The summed E-state index contributed by atoms with van der Waals surface area (Å²) in [7, 11) is 0.